The van der Waals surface area contributed by atoms with Gasteiger partial charge in [0.25, 0.3) is 5.91 Å². The summed E-state index contributed by atoms with van der Waals surface area (Å²) in [6, 6.07) is 10.6. The highest BCUT2D eigenvalue weighted by molar-refractivity contribution is 6.08. The Bertz CT molecular complexity index is 803. The third kappa shape index (κ3) is 2.38. The smallest absolute Gasteiger partial charge is 0.305 e. The summed E-state index contributed by atoms with van der Waals surface area (Å²) in [5.74, 6) is -0.762. The number of nitrogens with one attached hydrogen (secondary N) is 3. The number of hydrogen-bond acceptors (Lipinski definition) is 3. The number of benzene rings is 1. The van der Waals surface area contributed by atoms with E-state index in [1.54, 1.807) is 6.07 Å². The molecule has 0 aliphatic heterocycles. The molecular weight excluding hydrogens is 270 g/mol. The minimum absolute atomic E-state index is 0.131. The predicted octanol–water partition coefficient (Wildman–Crippen LogP) is 2.14. The molecule has 0 unspecified atom stereocenters. The Morgan fingerprint density at radius 1 is 1.05 bits per heavy atom. The van der Waals surface area contributed by atoms with Crippen LogP contribution < -0.4 is 10.9 Å². The van der Waals surface area contributed by atoms with Crippen molar-refractivity contribution in [2.45, 2.75) is 6.92 Å². The SMILES string of the molecule is Cc1[nH]c2ccccc2c1C(=O)NNC(=O)c1ccco1. The number of furan rings is 1. The quantitative estimate of drug-likeness (QED) is 0.630. The zero-order valence-corrected chi connectivity index (χ0v) is 11.3. The number of carbonyl (C=O) groups excluding carboxylic acids is 2. The second kappa shape index (κ2) is 5.16. The van der Waals surface area contributed by atoms with Gasteiger partial charge in [-0.3, -0.25) is 20.4 Å². The van der Waals surface area contributed by atoms with Gasteiger partial charge >= 0.3 is 5.91 Å². The summed E-state index contributed by atoms with van der Waals surface area (Å²) in [6.45, 7) is 1.81. The lowest BCUT2D eigenvalue weighted by atomic mass is 10.1. The van der Waals surface area contributed by atoms with Crippen molar-refractivity contribution >= 4 is 22.7 Å². The molecule has 1 aromatic carbocycles. The molecule has 21 heavy (non-hydrogen) atoms. The monoisotopic (exact) mass is 283 g/mol. The van der Waals surface area contributed by atoms with Crippen LogP contribution in [0.15, 0.2) is 47.1 Å². The third-order valence-corrected chi connectivity index (χ3v) is 3.16. The highest BCUT2D eigenvalue weighted by atomic mass is 16.3. The molecule has 3 aromatic rings. The van der Waals surface area contributed by atoms with E-state index in [0.29, 0.717) is 5.56 Å². The summed E-state index contributed by atoms with van der Waals surface area (Å²) >= 11 is 0. The van der Waals surface area contributed by atoms with Crippen LogP contribution in [0.3, 0.4) is 0 Å². The van der Waals surface area contributed by atoms with Gasteiger partial charge < -0.3 is 9.40 Å². The molecule has 0 spiro atoms. The first kappa shape index (κ1) is 13.0. The molecule has 2 heterocycles. The van der Waals surface area contributed by atoms with Crippen LogP contribution in [0.5, 0.6) is 0 Å². The Hall–Kier alpha value is -3.02. The maximum atomic E-state index is 12.2. The maximum Gasteiger partial charge on any atom is 0.305 e. The first-order valence-corrected chi connectivity index (χ1v) is 6.38. The number of fused-ring (bicyclic) bond motifs is 1. The summed E-state index contributed by atoms with van der Waals surface area (Å²) in [5, 5.41) is 0.805. The molecule has 6 nitrogen and oxygen atoms in total. The second-order valence-corrected chi connectivity index (χ2v) is 4.56. The number of amides is 2. The summed E-state index contributed by atoms with van der Waals surface area (Å²) in [5.41, 5.74) is 6.82. The molecule has 3 rings (SSSR count). The Kier molecular flexibility index (Phi) is 3.19. The van der Waals surface area contributed by atoms with Gasteiger partial charge in [0.1, 0.15) is 0 Å². The number of para-hydroxylation sites is 1. The number of hydrogen-bond donors (Lipinski definition) is 3. The van der Waals surface area contributed by atoms with E-state index in [9.17, 15) is 9.59 Å². The van der Waals surface area contributed by atoms with E-state index in [-0.39, 0.29) is 11.7 Å². The van der Waals surface area contributed by atoms with E-state index in [0.717, 1.165) is 16.6 Å². The molecule has 0 aliphatic rings. The lowest BCUT2D eigenvalue weighted by Crippen LogP contribution is -2.41. The van der Waals surface area contributed by atoms with E-state index in [1.807, 2.05) is 31.2 Å². The van der Waals surface area contributed by atoms with Crippen molar-refractivity contribution in [3.63, 3.8) is 0 Å². The van der Waals surface area contributed by atoms with Crippen molar-refractivity contribution in [1.82, 2.24) is 15.8 Å². The molecule has 0 radical (unpaired) electrons. The Morgan fingerprint density at radius 2 is 1.81 bits per heavy atom. The van der Waals surface area contributed by atoms with Crippen molar-refractivity contribution in [3.05, 3.63) is 59.7 Å². The molecule has 2 aromatic heterocycles. The largest absolute Gasteiger partial charge is 0.459 e. The number of H-pyrrole nitrogens is 1. The molecule has 0 saturated carbocycles. The lowest BCUT2D eigenvalue weighted by Gasteiger charge is -2.06. The van der Waals surface area contributed by atoms with Gasteiger partial charge in [0, 0.05) is 16.6 Å². The first-order valence-electron chi connectivity index (χ1n) is 6.38. The fourth-order valence-electron chi connectivity index (χ4n) is 2.21. The minimum atomic E-state index is -0.508. The molecule has 0 saturated heterocycles. The van der Waals surface area contributed by atoms with Crippen LogP contribution in [-0.2, 0) is 0 Å². The summed E-state index contributed by atoms with van der Waals surface area (Å²) in [4.78, 5) is 27.1. The molecule has 2 amide bonds. The fraction of sp³-hybridized carbons (Fsp3) is 0.0667. The van der Waals surface area contributed by atoms with Crippen LogP contribution in [0, 0.1) is 6.92 Å². The molecule has 106 valence electrons. The number of hydrazine groups is 1. The van der Waals surface area contributed by atoms with Crippen LogP contribution in [0.25, 0.3) is 10.9 Å². The average Bonchev–Trinajstić information content (AvgIpc) is 3.10. The van der Waals surface area contributed by atoms with Gasteiger partial charge in [-0.05, 0) is 25.1 Å². The molecule has 0 fully saturated rings. The first-order chi connectivity index (χ1) is 10.2. The second-order valence-electron chi connectivity index (χ2n) is 4.56. The van der Waals surface area contributed by atoms with E-state index < -0.39 is 5.91 Å². The molecule has 0 atom stereocenters. The summed E-state index contributed by atoms with van der Waals surface area (Å²) in [6.07, 6.45) is 1.39. The Labute approximate surface area is 120 Å². The van der Waals surface area contributed by atoms with Crippen molar-refractivity contribution in [2.24, 2.45) is 0 Å². The zero-order chi connectivity index (χ0) is 14.8. The van der Waals surface area contributed by atoms with Gasteiger partial charge in [-0.2, -0.15) is 0 Å². The van der Waals surface area contributed by atoms with Crippen molar-refractivity contribution < 1.29 is 14.0 Å². The van der Waals surface area contributed by atoms with Crippen LogP contribution in [-0.4, -0.2) is 16.8 Å². The number of rotatable bonds is 2. The highest BCUT2D eigenvalue weighted by Gasteiger charge is 2.17. The van der Waals surface area contributed by atoms with Gasteiger partial charge in [-0.25, -0.2) is 0 Å². The van der Waals surface area contributed by atoms with Crippen molar-refractivity contribution in [3.8, 4) is 0 Å². The fourth-order valence-corrected chi connectivity index (χ4v) is 2.21. The normalized spacial score (nSPS) is 10.5. The van der Waals surface area contributed by atoms with Gasteiger partial charge in [-0.15, -0.1) is 0 Å². The van der Waals surface area contributed by atoms with Gasteiger partial charge in [0.05, 0.1) is 11.8 Å². The van der Waals surface area contributed by atoms with E-state index in [2.05, 4.69) is 15.8 Å². The maximum absolute atomic E-state index is 12.2. The van der Waals surface area contributed by atoms with Gasteiger partial charge in [-0.1, -0.05) is 18.2 Å². The van der Waals surface area contributed by atoms with E-state index in [1.165, 1.54) is 12.3 Å². The van der Waals surface area contributed by atoms with E-state index in [4.69, 9.17) is 4.42 Å². The van der Waals surface area contributed by atoms with Crippen LogP contribution in [0.1, 0.15) is 26.6 Å². The summed E-state index contributed by atoms with van der Waals surface area (Å²) < 4.78 is 4.94. The molecule has 3 N–H and O–H groups in total. The Morgan fingerprint density at radius 3 is 2.57 bits per heavy atom. The number of aromatic amines is 1. The van der Waals surface area contributed by atoms with Gasteiger partial charge in [0.15, 0.2) is 5.76 Å². The van der Waals surface area contributed by atoms with Crippen LogP contribution in [0.4, 0.5) is 0 Å². The standard InChI is InChI=1S/C15H13N3O3/c1-9-13(10-5-2-3-6-11(10)16-9)15(20)18-17-14(19)12-7-4-8-21-12/h2-8,16H,1H3,(H,17,19)(H,18,20). The minimum Gasteiger partial charge on any atom is -0.459 e. The van der Waals surface area contributed by atoms with E-state index >= 15 is 0 Å². The van der Waals surface area contributed by atoms with Crippen LogP contribution >= 0.6 is 0 Å². The predicted molar refractivity (Wildman–Crippen MR) is 76.7 cm³/mol. The number of carbonyl (C=O) groups is 2. The number of aromatic nitrogens is 1. The summed E-state index contributed by atoms with van der Waals surface area (Å²) in [7, 11) is 0. The van der Waals surface area contributed by atoms with Crippen molar-refractivity contribution in [2.75, 3.05) is 0 Å². The molecule has 0 aliphatic carbocycles. The Balaban J connectivity index is 1.78. The van der Waals surface area contributed by atoms with Crippen molar-refractivity contribution in [1.29, 1.82) is 0 Å². The molecular formula is C15H13N3O3. The van der Waals surface area contributed by atoms with Crippen LogP contribution in [0.2, 0.25) is 0 Å². The zero-order valence-electron chi connectivity index (χ0n) is 11.3. The molecule has 0 bridgehead atoms. The topological polar surface area (TPSA) is 87.1 Å². The van der Waals surface area contributed by atoms with Gasteiger partial charge in [0.2, 0.25) is 0 Å². The molecule has 6 heteroatoms. The highest BCUT2D eigenvalue weighted by Crippen LogP contribution is 2.21. The lowest BCUT2D eigenvalue weighted by molar-refractivity contribution is 0.0831. The third-order valence-electron chi connectivity index (χ3n) is 3.16. The number of aryl methyl sites for hydroxylation is 1. The average molecular weight is 283 g/mol.